The van der Waals surface area contributed by atoms with Gasteiger partial charge < -0.3 is 24.4 Å². The van der Waals surface area contributed by atoms with Crippen LogP contribution >= 0.6 is 12.4 Å². The van der Waals surface area contributed by atoms with E-state index in [4.69, 9.17) is 14.2 Å². The fourth-order valence-electron chi connectivity index (χ4n) is 3.05. The molecular weight excluding hydrogens is 380 g/mol. The summed E-state index contributed by atoms with van der Waals surface area (Å²) in [6.45, 7) is 5.70. The molecule has 1 saturated heterocycles. The van der Waals surface area contributed by atoms with Crippen LogP contribution in [0.4, 0.5) is 11.4 Å². The van der Waals surface area contributed by atoms with Crippen LogP contribution in [0.15, 0.2) is 42.5 Å². The number of morpholine rings is 1. The zero-order valence-electron chi connectivity index (χ0n) is 16.3. The molecule has 0 aromatic heterocycles. The third kappa shape index (κ3) is 5.53. The number of nitrogens with one attached hydrogen (secondary N) is 1. The third-order valence-electron chi connectivity index (χ3n) is 4.50. The second-order valence-electron chi connectivity index (χ2n) is 6.25. The standard InChI is InChI=1S/C21H26N2O4.ClH/c1-3-27-21(24)19-14-17(6-9-20(19)23-10-12-26-13-11-23)22-15-16-4-7-18(25-2)8-5-16;/h4-9,14,22H,3,10-13,15H2,1-2H3;1H. The SMILES string of the molecule is CCOC(=O)c1cc(NCc2ccc(OC)cc2)ccc1N1CCOCC1.Cl. The van der Waals surface area contributed by atoms with Crippen molar-refractivity contribution < 1.29 is 19.0 Å². The summed E-state index contributed by atoms with van der Waals surface area (Å²) < 4.78 is 15.9. The van der Waals surface area contributed by atoms with Gasteiger partial charge in [0.05, 0.1) is 38.2 Å². The first-order valence-corrected chi connectivity index (χ1v) is 9.22. The first-order chi connectivity index (χ1) is 13.2. The number of halogens is 1. The second kappa shape index (κ2) is 10.8. The molecule has 0 radical (unpaired) electrons. The van der Waals surface area contributed by atoms with Crippen molar-refractivity contribution in [2.75, 3.05) is 50.2 Å². The van der Waals surface area contributed by atoms with E-state index in [2.05, 4.69) is 10.2 Å². The molecule has 28 heavy (non-hydrogen) atoms. The fraction of sp³-hybridized carbons (Fsp3) is 0.381. The van der Waals surface area contributed by atoms with Gasteiger partial charge in [-0.2, -0.15) is 0 Å². The Labute approximate surface area is 172 Å². The Balaban J connectivity index is 0.00000280. The number of esters is 1. The van der Waals surface area contributed by atoms with Crippen LogP contribution in [0.5, 0.6) is 5.75 Å². The second-order valence-corrected chi connectivity index (χ2v) is 6.25. The van der Waals surface area contributed by atoms with Gasteiger partial charge in [-0.3, -0.25) is 0 Å². The number of nitrogens with zero attached hydrogens (tertiary/aromatic N) is 1. The lowest BCUT2D eigenvalue weighted by Gasteiger charge is -2.30. The molecular formula is C21H27ClN2O4. The molecule has 1 aliphatic heterocycles. The van der Waals surface area contributed by atoms with E-state index in [-0.39, 0.29) is 18.4 Å². The van der Waals surface area contributed by atoms with Gasteiger partial charge in [-0.05, 0) is 42.8 Å². The summed E-state index contributed by atoms with van der Waals surface area (Å²) >= 11 is 0. The van der Waals surface area contributed by atoms with E-state index in [9.17, 15) is 4.79 Å². The predicted octanol–water partition coefficient (Wildman–Crippen LogP) is 3.74. The number of benzene rings is 2. The van der Waals surface area contributed by atoms with Crippen molar-refractivity contribution in [3.8, 4) is 5.75 Å². The molecule has 1 heterocycles. The fourth-order valence-corrected chi connectivity index (χ4v) is 3.05. The lowest BCUT2D eigenvalue weighted by atomic mass is 10.1. The monoisotopic (exact) mass is 406 g/mol. The van der Waals surface area contributed by atoms with E-state index >= 15 is 0 Å². The predicted molar refractivity (Wildman–Crippen MR) is 113 cm³/mol. The number of hydrogen-bond donors (Lipinski definition) is 1. The van der Waals surface area contributed by atoms with E-state index < -0.39 is 0 Å². The Morgan fingerprint density at radius 3 is 2.50 bits per heavy atom. The zero-order chi connectivity index (χ0) is 19.1. The Bertz CT molecular complexity index is 762. The smallest absolute Gasteiger partial charge is 0.340 e. The minimum absolute atomic E-state index is 0. The van der Waals surface area contributed by atoms with Crippen LogP contribution in [0.25, 0.3) is 0 Å². The maximum absolute atomic E-state index is 12.5. The van der Waals surface area contributed by atoms with Gasteiger partial charge in [-0.15, -0.1) is 12.4 Å². The van der Waals surface area contributed by atoms with Crippen LogP contribution in [0.2, 0.25) is 0 Å². The molecule has 0 bridgehead atoms. The topological polar surface area (TPSA) is 60.0 Å². The average molecular weight is 407 g/mol. The molecule has 1 fully saturated rings. The lowest BCUT2D eigenvalue weighted by molar-refractivity contribution is 0.0526. The Morgan fingerprint density at radius 1 is 1.14 bits per heavy atom. The van der Waals surface area contributed by atoms with E-state index in [1.807, 2.05) is 49.4 Å². The molecule has 0 saturated carbocycles. The van der Waals surface area contributed by atoms with Gasteiger partial charge in [0.2, 0.25) is 0 Å². The number of carbonyl (C=O) groups is 1. The number of anilines is 2. The number of carbonyl (C=O) groups excluding carboxylic acids is 1. The van der Waals surface area contributed by atoms with Crippen molar-refractivity contribution in [1.82, 2.24) is 0 Å². The van der Waals surface area contributed by atoms with Crippen LogP contribution < -0.4 is 15.0 Å². The van der Waals surface area contributed by atoms with Crippen molar-refractivity contribution in [2.45, 2.75) is 13.5 Å². The van der Waals surface area contributed by atoms with Crippen LogP contribution in [0.1, 0.15) is 22.8 Å². The first kappa shape index (κ1) is 21.9. The molecule has 2 aromatic carbocycles. The highest BCUT2D eigenvalue weighted by atomic mass is 35.5. The van der Waals surface area contributed by atoms with Crippen molar-refractivity contribution in [2.24, 2.45) is 0 Å². The van der Waals surface area contributed by atoms with Crippen LogP contribution in [-0.4, -0.2) is 46.0 Å². The Hall–Kier alpha value is -2.44. The van der Waals surface area contributed by atoms with Crippen molar-refractivity contribution in [3.05, 3.63) is 53.6 Å². The minimum Gasteiger partial charge on any atom is -0.497 e. The molecule has 0 amide bonds. The van der Waals surface area contributed by atoms with Gasteiger partial charge >= 0.3 is 5.97 Å². The van der Waals surface area contributed by atoms with Gasteiger partial charge in [0.15, 0.2) is 0 Å². The quantitative estimate of drug-likeness (QED) is 0.707. The molecule has 6 nitrogen and oxygen atoms in total. The summed E-state index contributed by atoms with van der Waals surface area (Å²) in [5.41, 5.74) is 3.49. The van der Waals surface area contributed by atoms with Crippen LogP contribution in [0, 0.1) is 0 Å². The minimum atomic E-state index is -0.299. The van der Waals surface area contributed by atoms with Gasteiger partial charge in [0.1, 0.15) is 5.75 Å². The van der Waals surface area contributed by atoms with Gasteiger partial charge in [-0.25, -0.2) is 4.79 Å². The number of rotatable bonds is 7. The molecule has 0 unspecified atom stereocenters. The number of hydrogen-bond acceptors (Lipinski definition) is 6. The summed E-state index contributed by atoms with van der Waals surface area (Å²) in [7, 11) is 1.65. The molecule has 0 aliphatic carbocycles. The van der Waals surface area contributed by atoms with E-state index in [0.717, 1.165) is 35.8 Å². The van der Waals surface area contributed by atoms with E-state index in [1.165, 1.54) is 0 Å². The average Bonchev–Trinajstić information content (AvgIpc) is 2.73. The highest BCUT2D eigenvalue weighted by Crippen LogP contribution is 2.26. The van der Waals surface area contributed by atoms with Gasteiger partial charge in [-0.1, -0.05) is 12.1 Å². The normalized spacial score (nSPS) is 13.4. The molecule has 0 atom stereocenters. The molecule has 152 valence electrons. The van der Waals surface area contributed by atoms with Crippen LogP contribution in [0.3, 0.4) is 0 Å². The lowest BCUT2D eigenvalue weighted by Crippen LogP contribution is -2.37. The van der Waals surface area contributed by atoms with Crippen molar-refractivity contribution >= 4 is 29.8 Å². The molecule has 1 N–H and O–H groups in total. The molecule has 7 heteroatoms. The maximum Gasteiger partial charge on any atom is 0.340 e. The number of ether oxygens (including phenoxy) is 3. The maximum atomic E-state index is 12.5. The largest absolute Gasteiger partial charge is 0.497 e. The highest BCUT2D eigenvalue weighted by molar-refractivity contribution is 5.97. The molecule has 0 spiro atoms. The highest BCUT2D eigenvalue weighted by Gasteiger charge is 2.20. The first-order valence-electron chi connectivity index (χ1n) is 9.22. The van der Waals surface area contributed by atoms with Crippen LogP contribution in [-0.2, 0) is 16.0 Å². The van der Waals surface area contributed by atoms with Gasteiger partial charge in [0, 0.05) is 25.3 Å². The number of methoxy groups -OCH3 is 1. The zero-order valence-corrected chi connectivity index (χ0v) is 17.1. The molecule has 1 aliphatic rings. The Morgan fingerprint density at radius 2 is 1.86 bits per heavy atom. The van der Waals surface area contributed by atoms with Crippen molar-refractivity contribution in [3.63, 3.8) is 0 Å². The van der Waals surface area contributed by atoms with E-state index in [1.54, 1.807) is 7.11 Å². The molecule has 3 rings (SSSR count). The van der Waals surface area contributed by atoms with E-state index in [0.29, 0.717) is 31.9 Å². The summed E-state index contributed by atoms with van der Waals surface area (Å²) in [5.74, 6) is 0.533. The summed E-state index contributed by atoms with van der Waals surface area (Å²) in [5, 5.41) is 3.37. The van der Waals surface area contributed by atoms with Gasteiger partial charge in [0.25, 0.3) is 0 Å². The summed E-state index contributed by atoms with van der Waals surface area (Å²) in [6.07, 6.45) is 0. The third-order valence-corrected chi connectivity index (χ3v) is 4.50. The summed E-state index contributed by atoms with van der Waals surface area (Å²) in [4.78, 5) is 14.7. The molecule has 2 aromatic rings. The Kier molecular flexibility index (Phi) is 8.42. The van der Waals surface area contributed by atoms with Crippen molar-refractivity contribution in [1.29, 1.82) is 0 Å². The summed E-state index contributed by atoms with van der Waals surface area (Å²) in [6, 6.07) is 13.7.